The molecule has 8 heteroatoms. The number of sulfonamides is 1. The highest BCUT2D eigenvalue weighted by atomic mass is 32.3. The molecular weight excluding hydrogens is 264 g/mol. The Morgan fingerprint density at radius 3 is 2.47 bits per heavy atom. The summed E-state index contributed by atoms with van der Waals surface area (Å²) in [6, 6.07) is -0.0784. The second-order valence-corrected chi connectivity index (χ2v) is 8.92. The molecule has 2 N–H and O–H groups in total. The summed E-state index contributed by atoms with van der Waals surface area (Å²) < 4.78 is 47.4. The minimum atomic E-state index is -3.69. The highest BCUT2D eigenvalue weighted by Crippen LogP contribution is 2.25. The fourth-order valence-corrected chi connectivity index (χ4v) is 5.93. The van der Waals surface area contributed by atoms with Gasteiger partial charge in [-0.05, 0) is 32.2 Å². The average molecular weight is 284 g/mol. The van der Waals surface area contributed by atoms with E-state index in [0.717, 1.165) is 25.5 Å². The van der Waals surface area contributed by atoms with E-state index in [-0.39, 0.29) is 6.04 Å². The molecule has 1 fully saturated rings. The first-order valence-electron chi connectivity index (χ1n) is 5.63. The van der Waals surface area contributed by atoms with Gasteiger partial charge >= 0.3 is 0 Å². The SMILES string of the molecule is CS(=O)(=O)CS(=O)(=O)N1CCCC1CCCN. The highest BCUT2D eigenvalue weighted by Gasteiger charge is 2.35. The van der Waals surface area contributed by atoms with Crippen LogP contribution in [0.1, 0.15) is 25.7 Å². The molecule has 0 aromatic rings. The van der Waals surface area contributed by atoms with Gasteiger partial charge in [-0.2, -0.15) is 4.31 Å². The van der Waals surface area contributed by atoms with Gasteiger partial charge in [0.1, 0.15) is 0 Å². The van der Waals surface area contributed by atoms with Crippen LogP contribution in [0.2, 0.25) is 0 Å². The number of rotatable bonds is 6. The van der Waals surface area contributed by atoms with Crippen LogP contribution in [0.5, 0.6) is 0 Å². The van der Waals surface area contributed by atoms with Gasteiger partial charge in [-0.25, -0.2) is 16.8 Å². The van der Waals surface area contributed by atoms with Crippen molar-refractivity contribution in [2.45, 2.75) is 31.7 Å². The van der Waals surface area contributed by atoms with Crippen LogP contribution in [0.15, 0.2) is 0 Å². The summed E-state index contributed by atoms with van der Waals surface area (Å²) in [5.74, 6) is 0. The molecule has 0 saturated carbocycles. The average Bonchev–Trinajstić information content (AvgIpc) is 2.59. The molecule has 6 nitrogen and oxygen atoms in total. The van der Waals surface area contributed by atoms with Gasteiger partial charge < -0.3 is 5.73 Å². The maximum atomic E-state index is 11.9. The molecule has 1 rings (SSSR count). The predicted octanol–water partition coefficient (Wildman–Crippen LogP) is -0.478. The van der Waals surface area contributed by atoms with E-state index >= 15 is 0 Å². The van der Waals surface area contributed by atoms with Gasteiger partial charge in [0.2, 0.25) is 10.0 Å². The largest absolute Gasteiger partial charge is 0.330 e. The van der Waals surface area contributed by atoms with Gasteiger partial charge in [-0.15, -0.1) is 0 Å². The molecule has 0 aliphatic carbocycles. The lowest BCUT2D eigenvalue weighted by atomic mass is 10.1. The van der Waals surface area contributed by atoms with E-state index in [1.54, 1.807) is 0 Å². The molecule has 0 radical (unpaired) electrons. The van der Waals surface area contributed by atoms with Crippen LogP contribution in [0.3, 0.4) is 0 Å². The van der Waals surface area contributed by atoms with Crippen molar-refractivity contribution in [1.29, 1.82) is 0 Å². The predicted molar refractivity (Wildman–Crippen MR) is 66.6 cm³/mol. The van der Waals surface area contributed by atoms with E-state index in [4.69, 9.17) is 5.73 Å². The molecule has 0 amide bonds. The lowest BCUT2D eigenvalue weighted by Crippen LogP contribution is -2.39. The minimum Gasteiger partial charge on any atom is -0.330 e. The first-order valence-corrected chi connectivity index (χ1v) is 9.30. The lowest BCUT2D eigenvalue weighted by Gasteiger charge is -2.23. The fraction of sp³-hybridized carbons (Fsp3) is 1.00. The van der Waals surface area contributed by atoms with Crippen LogP contribution in [0.4, 0.5) is 0 Å². The number of nitrogens with zero attached hydrogens (tertiary/aromatic N) is 1. The van der Waals surface area contributed by atoms with Crippen molar-refractivity contribution in [3.63, 3.8) is 0 Å². The maximum Gasteiger partial charge on any atom is 0.228 e. The second-order valence-electron chi connectivity index (χ2n) is 4.49. The van der Waals surface area contributed by atoms with Crippen molar-refractivity contribution < 1.29 is 16.8 Å². The molecule has 1 unspecified atom stereocenters. The monoisotopic (exact) mass is 284 g/mol. The standard InChI is InChI=1S/C9H20N2O4S2/c1-16(12,13)8-17(14,15)11-7-3-5-9(11)4-2-6-10/h9H,2-8,10H2,1H3. The van der Waals surface area contributed by atoms with Crippen LogP contribution >= 0.6 is 0 Å². The Bertz CT molecular complexity index is 444. The topological polar surface area (TPSA) is 97.5 Å². The quantitative estimate of drug-likeness (QED) is 0.710. The molecule has 0 aromatic carbocycles. The Morgan fingerprint density at radius 2 is 1.94 bits per heavy atom. The maximum absolute atomic E-state index is 11.9. The van der Waals surface area contributed by atoms with Crippen LogP contribution in [-0.4, -0.2) is 51.6 Å². The summed E-state index contributed by atoms with van der Waals surface area (Å²) in [5.41, 5.74) is 5.40. The van der Waals surface area contributed by atoms with Gasteiger partial charge in [0.05, 0.1) is 0 Å². The van der Waals surface area contributed by atoms with Gasteiger partial charge in [0.25, 0.3) is 0 Å². The Kier molecular flexibility index (Phi) is 4.94. The number of nitrogens with two attached hydrogens (primary N) is 1. The number of hydrogen-bond acceptors (Lipinski definition) is 5. The zero-order valence-electron chi connectivity index (χ0n) is 10.0. The van der Waals surface area contributed by atoms with Crippen molar-refractivity contribution in [1.82, 2.24) is 4.31 Å². The first-order chi connectivity index (χ1) is 7.76. The smallest absolute Gasteiger partial charge is 0.228 e. The zero-order valence-corrected chi connectivity index (χ0v) is 11.6. The van der Waals surface area contributed by atoms with Crippen LogP contribution < -0.4 is 5.73 Å². The second kappa shape index (κ2) is 5.64. The van der Waals surface area contributed by atoms with Gasteiger partial charge in [-0.1, -0.05) is 0 Å². The molecule has 1 aliphatic rings. The van der Waals surface area contributed by atoms with E-state index in [0.29, 0.717) is 19.5 Å². The number of sulfone groups is 1. The molecular formula is C9H20N2O4S2. The molecule has 0 spiro atoms. The van der Waals surface area contributed by atoms with Crippen molar-refractivity contribution in [2.75, 3.05) is 24.4 Å². The van der Waals surface area contributed by atoms with E-state index < -0.39 is 24.9 Å². The van der Waals surface area contributed by atoms with Gasteiger partial charge in [0, 0.05) is 18.8 Å². The van der Waals surface area contributed by atoms with E-state index in [9.17, 15) is 16.8 Å². The summed E-state index contributed by atoms with van der Waals surface area (Å²) in [6.45, 7) is 0.948. The molecule has 17 heavy (non-hydrogen) atoms. The molecule has 0 bridgehead atoms. The molecule has 1 heterocycles. The molecule has 1 saturated heterocycles. The first kappa shape index (κ1) is 14.9. The van der Waals surface area contributed by atoms with Gasteiger partial charge in [-0.3, -0.25) is 0 Å². The van der Waals surface area contributed by atoms with Crippen molar-refractivity contribution >= 4 is 19.9 Å². The Morgan fingerprint density at radius 1 is 1.29 bits per heavy atom. The minimum absolute atomic E-state index is 0.0784. The summed E-state index contributed by atoms with van der Waals surface area (Å²) in [5, 5.41) is -0.793. The van der Waals surface area contributed by atoms with E-state index in [1.165, 1.54) is 4.31 Å². The molecule has 1 aliphatic heterocycles. The van der Waals surface area contributed by atoms with Crippen molar-refractivity contribution in [3.8, 4) is 0 Å². The van der Waals surface area contributed by atoms with Crippen molar-refractivity contribution in [2.24, 2.45) is 5.73 Å². The third kappa shape index (κ3) is 4.53. The summed E-state index contributed by atoms with van der Waals surface area (Å²) in [4.78, 5) is 0. The number of hydrogen-bond donors (Lipinski definition) is 1. The Balaban J connectivity index is 2.76. The third-order valence-electron chi connectivity index (χ3n) is 2.78. The van der Waals surface area contributed by atoms with E-state index in [2.05, 4.69) is 0 Å². The Hall–Kier alpha value is -0.180. The summed E-state index contributed by atoms with van der Waals surface area (Å²) in [6.07, 6.45) is 3.99. The van der Waals surface area contributed by atoms with Gasteiger partial charge in [0.15, 0.2) is 14.9 Å². The summed E-state index contributed by atoms with van der Waals surface area (Å²) in [7, 11) is -7.21. The van der Waals surface area contributed by atoms with Crippen LogP contribution in [0, 0.1) is 0 Å². The lowest BCUT2D eigenvalue weighted by molar-refractivity contribution is 0.367. The molecule has 0 aromatic heterocycles. The third-order valence-corrected chi connectivity index (χ3v) is 6.88. The van der Waals surface area contributed by atoms with Crippen LogP contribution in [0.25, 0.3) is 0 Å². The van der Waals surface area contributed by atoms with E-state index in [1.807, 2.05) is 0 Å². The highest BCUT2D eigenvalue weighted by molar-refractivity contribution is 8.06. The Labute approximate surface area is 103 Å². The zero-order chi connectivity index (χ0) is 13.1. The molecule has 102 valence electrons. The van der Waals surface area contributed by atoms with Crippen LogP contribution in [-0.2, 0) is 19.9 Å². The molecule has 1 atom stereocenters. The van der Waals surface area contributed by atoms with Crippen molar-refractivity contribution in [3.05, 3.63) is 0 Å². The normalized spacial score (nSPS) is 23.1. The fourth-order valence-electron chi connectivity index (χ4n) is 2.16. The summed E-state index contributed by atoms with van der Waals surface area (Å²) >= 11 is 0.